The highest BCUT2D eigenvalue weighted by Crippen LogP contribution is 2.17. The second kappa shape index (κ2) is 5.46. The maximum atomic E-state index is 6.27. The predicted octanol–water partition coefficient (Wildman–Crippen LogP) is 3.89. The average molecular weight is 249 g/mol. The van der Waals surface area contributed by atoms with Gasteiger partial charge in [-0.3, -0.25) is 0 Å². The number of aromatic nitrogens is 2. The highest BCUT2D eigenvalue weighted by atomic mass is 35.5. The van der Waals surface area contributed by atoms with E-state index in [-0.39, 0.29) is 5.38 Å². The summed E-state index contributed by atoms with van der Waals surface area (Å²) < 4.78 is 0. The summed E-state index contributed by atoms with van der Waals surface area (Å²) in [5, 5.41) is 0.161. The van der Waals surface area contributed by atoms with Gasteiger partial charge in [0.15, 0.2) is 0 Å². The van der Waals surface area contributed by atoms with E-state index in [0.717, 1.165) is 41.7 Å². The highest BCUT2D eigenvalue weighted by Gasteiger charge is 2.10. The Morgan fingerprint density at radius 1 is 1.18 bits per heavy atom. The average Bonchev–Trinajstić information content (AvgIpc) is 2.30. The van der Waals surface area contributed by atoms with Crippen molar-refractivity contribution in [2.45, 2.75) is 38.5 Å². The molecule has 0 aliphatic carbocycles. The molecule has 1 aromatic heterocycles. The molecule has 0 saturated carbocycles. The SMILES string of the molecule is CCCC(Cl)Cc1nc2ccccc2nc1C. The molecule has 0 N–H and O–H groups in total. The van der Waals surface area contributed by atoms with Gasteiger partial charge < -0.3 is 0 Å². The molecule has 0 fully saturated rings. The molecule has 0 aliphatic heterocycles. The predicted molar refractivity (Wildman–Crippen MR) is 72.5 cm³/mol. The molecule has 1 unspecified atom stereocenters. The maximum absolute atomic E-state index is 6.27. The molecule has 0 bridgehead atoms. The van der Waals surface area contributed by atoms with Crippen molar-refractivity contribution < 1.29 is 0 Å². The molecule has 2 rings (SSSR count). The minimum atomic E-state index is 0.161. The second-order valence-electron chi connectivity index (χ2n) is 4.33. The summed E-state index contributed by atoms with van der Waals surface area (Å²) in [6, 6.07) is 7.95. The third-order valence-electron chi connectivity index (χ3n) is 2.86. The fraction of sp³-hybridized carbons (Fsp3) is 0.429. The van der Waals surface area contributed by atoms with E-state index in [0.29, 0.717) is 0 Å². The quantitative estimate of drug-likeness (QED) is 0.768. The zero-order valence-electron chi connectivity index (χ0n) is 10.3. The first-order chi connectivity index (χ1) is 8.20. The lowest BCUT2D eigenvalue weighted by Gasteiger charge is -2.10. The molecule has 0 saturated heterocycles. The lowest BCUT2D eigenvalue weighted by molar-refractivity contribution is 0.712. The fourth-order valence-corrected chi connectivity index (χ4v) is 2.31. The minimum Gasteiger partial charge on any atom is -0.250 e. The molecule has 1 atom stereocenters. The Morgan fingerprint density at radius 2 is 1.82 bits per heavy atom. The Bertz CT molecular complexity index is 511. The first-order valence-electron chi connectivity index (χ1n) is 6.07. The molecule has 2 nitrogen and oxygen atoms in total. The van der Waals surface area contributed by atoms with Gasteiger partial charge in [0.05, 0.1) is 22.4 Å². The standard InChI is InChI=1S/C14H17ClN2/c1-3-6-11(15)9-14-10(2)16-12-7-4-5-8-13(12)17-14/h4-5,7-8,11H,3,6,9H2,1-2H3. The van der Waals surface area contributed by atoms with Crippen molar-refractivity contribution in [1.82, 2.24) is 9.97 Å². The van der Waals surface area contributed by atoms with Crippen LogP contribution < -0.4 is 0 Å². The van der Waals surface area contributed by atoms with E-state index in [4.69, 9.17) is 11.6 Å². The Morgan fingerprint density at radius 3 is 2.47 bits per heavy atom. The van der Waals surface area contributed by atoms with Crippen LogP contribution in [0, 0.1) is 6.92 Å². The molecule has 1 aromatic carbocycles. The number of alkyl halides is 1. The summed E-state index contributed by atoms with van der Waals surface area (Å²) in [4.78, 5) is 9.22. The number of nitrogens with zero attached hydrogens (tertiary/aromatic N) is 2. The van der Waals surface area contributed by atoms with Crippen LogP contribution in [0.4, 0.5) is 0 Å². The normalized spacial score (nSPS) is 12.9. The summed E-state index contributed by atoms with van der Waals surface area (Å²) in [5.74, 6) is 0. The van der Waals surface area contributed by atoms with Crippen molar-refractivity contribution in [3.05, 3.63) is 35.7 Å². The second-order valence-corrected chi connectivity index (χ2v) is 4.95. The van der Waals surface area contributed by atoms with Gasteiger partial charge in [0.2, 0.25) is 0 Å². The van der Waals surface area contributed by atoms with Gasteiger partial charge in [-0.05, 0) is 25.5 Å². The topological polar surface area (TPSA) is 25.8 Å². The van der Waals surface area contributed by atoms with Crippen LogP contribution in [0.1, 0.15) is 31.2 Å². The highest BCUT2D eigenvalue weighted by molar-refractivity contribution is 6.20. The number of hydrogen-bond donors (Lipinski definition) is 0. The number of fused-ring (bicyclic) bond motifs is 1. The van der Waals surface area contributed by atoms with Crippen LogP contribution in [-0.2, 0) is 6.42 Å². The van der Waals surface area contributed by atoms with E-state index in [2.05, 4.69) is 16.9 Å². The van der Waals surface area contributed by atoms with Gasteiger partial charge in [-0.25, -0.2) is 9.97 Å². The van der Waals surface area contributed by atoms with E-state index >= 15 is 0 Å². The first kappa shape index (κ1) is 12.3. The molecule has 17 heavy (non-hydrogen) atoms. The van der Waals surface area contributed by atoms with Gasteiger partial charge in [0.1, 0.15) is 0 Å². The molecule has 0 amide bonds. The number of para-hydroxylation sites is 2. The number of rotatable bonds is 4. The number of aryl methyl sites for hydroxylation is 1. The molecule has 0 spiro atoms. The van der Waals surface area contributed by atoms with Gasteiger partial charge in [-0.15, -0.1) is 11.6 Å². The van der Waals surface area contributed by atoms with E-state index in [9.17, 15) is 0 Å². The first-order valence-corrected chi connectivity index (χ1v) is 6.50. The zero-order valence-corrected chi connectivity index (χ0v) is 11.0. The molecular weight excluding hydrogens is 232 g/mol. The smallest absolute Gasteiger partial charge is 0.0890 e. The van der Waals surface area contributed by atoms with Gasteiger partial charge >= 0.3 is 0 Å². The summed E-state index contributed by atoms with van der Waals surface area (Å²) >= 11 is 6.27. The number of hydrogen-bond acceptors (Lipinski definition) is 2. The third kappa shape index (κ3) is 2.95. The van der Waals surface area contributed by atoms with E-state index in [1.165, 1.54) is 0 Å². The van der Waals surface area contributed by atoms with Gasteiger partial charge in [-0.1, -0.05) is 25.5 Å². The van der Waals surface area contributed by atoms with E-state index in [1.807, 2.05) is 31.2 Å². The summed E-state index contributed by atoms with van der Waals surface area (Å²) in [6.07, 6.45) is 2.93. The van der Waals surface area contributed by atoms with Crippen molar-refractivity contribution in [2.24, 2.45) is 0 Å². The van der Waals surface area contributed by atoms with Crippen molar-refractivity contribution in [3.63, 3.8) is 0 Å². The van der Waals surface area contributed by atoms with Crippen LogP contribution in [0.15, 0.2) is 24.3 Å². The Kier molecular flexibility index (Phi) is 3.95. The largest absolute Gasteiger partial charge is 0.250 e. The summed E-state index contributed by atoms with van der Waals surface area (Å²) in [7, 11) is 0. The Balaban J connectivity index is 2.31. The minimum absolute atomic E-state index is 0.161. The fourth-order valence-electron chi connectivity index (χ4n) is 1.94. The van der Waals surface area contributed by atoms with Crippen LogP contribution >= 0.6 is 11.6 Å². The molecular formula is C14H17ClN2. The van der Waals surface area contributed by atoms with Crippen LogP contribution in [0.2, 0.25) is 0 Å². The molecule has 90 valence electrons. The lowest BCUT2D eigenvalue weighted by atomic mass is 10.1. The maximum Gasteiger partial charge on any atom is 0.0890 e. The van der Waals surface area contributed by atoms with Crippen molar-refractivity contribution in [3.8, 4) is 0 Å². The van der Waals surface area contributed by atoms with Crippen molar-refractivity contribution in [2.75, 3.05) is 0 Å². The van der Waals surface area contributed by atoms with Crippen molar-refractivity contribution >= 4 is 22.6 Å². The number of halogens is 1. The van der Waals surface area contributed by atoms with Gasteiger partial charge in [0.25, 0.3) is 0 Å². The van der Waals surface area contributed by atoms with Crippen molar-refractivity contribution in [1.29, 1.82) is 0 Å². The zero-order chi connectivity index (χ0) is 12.3. The van der Waals surface area contributed by atoms with Gasteiger partial charge in [-0.2, -0.15) is 0 Å². The van der Waals surface area contributed by atoms with Crippen LogP contribution in [0.25, 0.3) is 11.0 Å². The third-order valence-corrected chi connectivity index (χ3v) is 3.23. The molecule has 0 aliphatic rings. The van der Waals surface area contributed by atoms with Crippen LogP contribution in [0.3, 0.4) is 0 Å². The molecule has 0 radical (unpaired) electrons. The molecule has 3 heteroatoms. The summed E-state index contributed by atoms with van der Waals surface area (Å²) in [6.45, 7) is 4.15. The monoisotopic (exact) mass is 248 g/mol. The number of benzene rings is 1. The Hall–Kier alpha value is -1.15. The van der Waals surface area contributed by atoms with Gasteiger partial charge in [0, 0.05) is 11.8 Å². The molecule has 2 aromatic rings. The lowest BCUT2D eigenvalue weighted by Crippen LogP contribution is -2.07. The Labute approximate surface area is 107 Å². The van der Waals surface area contributed by atoms with E-state index in [1.54, 1.807) is 0 Å². The van der Waals surface area contributed by atoms with E-state index < -0.39 is 0 Å². The summed E-state index contributed by atoms with van der Waals surface area (Å²) in [5.41, 5.74) is 3.92. The van der Waals surface area contributed by atoms with Crippen LogP contribution in [-0.4, -0.2) is 15.3 Å². The van der Waals surface area contributed by atoms with Crippen LogP contribution in [0.5, 0.6) is 0 Å². The molecule has 1 heterocycles.